The second kappa shape index (κ2) is 8.89. The van der Waals surface area contributed by atoms with E-state index >= 15 is 0 Å². The number of nitrogens with zero attached hydrogens (tertiary/aromatic N) is 3. The Kier molecular flexibility index (Phi) is 6.04. The van der Waals surface area contributed by atoms with Gasteiger partial charge >= 0.3 is 11.1 Å². The highest BCUT2D eigenvalue weighted by Crippen LogP contribution is 2.18. The molecular formula is C24H28N4O3. The normalized spacial score (nSPS) is 16.6. The number of hydrogen-bond acceptors (Lipinski definition) is 4. The number of carbonyl (C=O) groups is 1. The second-order valence-corrected chi connectivity index (χ2v) is 8.42. The predicted molar refractivity (Wildman–Crippen MR) is 121 cm³/mol. The lowest BCUT2D eigenvalue weighted by atomic mass is 10.1. The molecule has 162 valence electrons. The molecule has 7 heteroatoms. The SMILES string of the molecule is Cc1ccc(CN2CC[C@H](CNC(=O)Cn3c(=O)c(=O)n(C)c4ccccc43)C2)cc1. The van der Waals surface area contributed by atoms with Crippen LogP contribution in [-0.4, -0.2) is 39.6 Å². The molecule has 1 saturated heterocycles. The van der Waals surface area contributed by atoms with E-state index in [9.17, 15) is 14.4 Å². The summed E-state index contributed by atoms with van der Waals surface area (Å²) in [5, 5.41) is 2.96. The van der Waals surface area contributed by atoms with Crippen LogP contribution in [0.3, 0.4) is 0 Å². The molecule has 0 aliphatic carbocycles. The number of fused-ring (bicyclic) bond motifs is 1. The van der Waals surface area contributed by atoms with E-state index in [0.717, 1.165) is 26.1 Å². The number of benzene rings is 2. The molecule has 2 heterocycles. The molecule has 0 unspecified atom stereocenters. The molecule has 7 nitrogen and oxygen atoms in total. The molecule has 3 aromatic rings. The van der Waals surface area contributed by atoms with Gasteiger partial charge in [-0.15, -0.1) is 0 Å². The molecule has 0 bridgehead atoms. The first kappa shape index (κ1) is 21.1. The van der Waals surface area contributed by atoms with E-state index in [4.69, 9.17) is 0 Å². The number of hydrogen-bond donors (Lipinski definition) is 1. The van der Waals surface area contributed by atoms with Crippen molar-refractivity contribution in [3.63, 3.8) is 0 Å². The maximum atomic E-state index is 12.6. The van der Waals surface area contributed by atoms with Crippen molar-refractivity contribution in [3.8, 4) is 0 Å². The molecule has 1 fully saturated rings. The van der Waals surface area contributed by atoms with Crippen molar-refractivity contribution < 1.29 is 4.79 Å². The third kappa shape index (κ3) is 4.61. The summed E-state index contributed by atoms with van der Waals surface area (Å²) < 4.78 is 2.60. The van der Waals surface area contributed by atoms with Crippen molar-refractivity contribution in [1.82, 2.24) is 19.4 Å². The van der Waals surface area contributed by atoms with Crippen molar-refractivity contribution >= 4 is 16.9 Å². The summed E-state index contributed by atoms with van der Waals surface area (Å²) in [6.07, 6.45) is 1.03. The standard InChI is InChI=1S/C24H28N4O3/c1-17-7-9-18(10-8-17)14-27-12-11-19(15-27)13-25-22(29)16-28-21-6-4-3-5-20(21)26(2)23(30)24(28)31/h3-10,19H,11-16H2,1-2H3,(H,25,29)/t19-/m1/s1. The fourth-order valence-corrected chi connectivity index (χ4v) is 4.24. The third-order valence-electron chi connectivity index (χ3n) is 6.05. The summed E-state index contributed by atoms with van der Waals surface area (Å²) in [4.78, 5) is 39.7. The Balaban J connectivity index is 1.36. The van der Waals surface area contributed by atoms with Crippen molar-refractivity contribution in [2.75, 3.05) is 19.6 Å². The van der Waals surface area contributed by atoms with Crippen molar-refractivity contribution in [2.45, 2.75) is 26.4 Å². The summed E-state index contributed by atoms with van der Waals surface area (Å²) >= 11 is 0. The molecule has 0 radical (unpaired) electrons. The molecule has 0 saturated carbocycles. The maximum absolute atomic E-state index is 12.6. The molecule has 1 amide bonds. The van der Waals surface area contributed by atoms with E-state index in [1.807, 2.05) is 0 Å². The maximum Gasteiger partial charge on any atom is 0.317 e. The van der Waals surface area contributed by atoms with Gasteiger partial charge in [0.25, 0.3) is 0 Å². The minimum atomic E-state index is -0.679. The Morgan fingerprint density at radius 2 is 1.74 bits per heavy atom. The van der Waals surface area contributed by atoms with Crippen LogP contribution in [0.2, 0.25) is 0 Å². The number of carbonyl (C=O) groups excluding carboxylic acids is 1. The Bertz CT molecular complexity index is 1210. The first-order valence-electron chi connectivity index (χ1n) is 10.7. The Hall–Kier alpha value is -3.19. The topological polar surface area (TPSA) is 76.3 Å². The molecule has 2 aromatic carbocycles. The summed E-state index contributed by atoms with van der Waals surface area (Å²) in [5.41, 5.74) is 2.45. The number of rotatable bonds is 6. The van der Waals surface area contributed by atoms with Gasteiger partial charge in [0.05, 0.1) is 11.0 Å². The minimum Gasteiger partial charge on any atom is -0.354 e. The van der Waals surface area contributed by atoms with Gasteiger partial charge < -0.3 is 9.88 Å². The van der Waals surface area contributed by atoms with Crippen LogP contribution in [0.25, 0.3) is 11.0 Å². The number of nitrogens with one attached hydrogen (secondary N) is 1. The fourth-order valence-electron chi connectivity index (χ4n) is 4.24. The number of aromatic nitrogens is 2. The van der Waals surface area contributed by atoms with Crippen molar-refractivity contribution in [2.24, 2.45) is 13.0 Å². The monoisotopic (exact) mass is 420 g/mol. The molecule has 0 spiro atoms. The quantitative estimate of drug-likeness (QED) is 0.616. The molecule has 1 aromatic heterocycles. The summed E-state index contributed by atoms with van der Waals surface area (Å²) in [5.74, 6) is 0.129. The molecule has 1 aliphatic rings. The van der Waals surface area contributed by atoms with E-state index in [-0.39, 0.29) is 12.5 Å². The number of aryl methyl sites for hydroxylation is 2. The van der Waals surface area contributed by atoms with Crippen LogP contribution < -0.4 is 16.4 Å². The zero-order valence-electron chi connectivity index (χ0n) is 18.0. The van der Waals surface area contributed by atoms with Crippen molar-refractivity contribution in [1.29, 1.82) is 0 Å². The molecular weight excluding hydrogens is 392 g/mol. The van der Waals surface area contributed by atoms with Gasteiger partial charge in [-0.3, -0.25) is 23.9 Å². The fraction of sp³-hybridized carbons (Fsp3) is 0.375. The largest absolute Gasteiger partial charge is 0.354 e. The number of amides is 1. The molecule has 1 atom stereocenters. The zero-order valence-corrected chi connectivity index (χ0v) is 18.0. The highest BCUT2D eigenvalue weighted by atomic mass is 16.2. The lowest BCUT2D eigenvalue weighted by Crippen LogP contribution is -2.43. The predicted octanol–water partition coefficient (Wildman–Crippen LogP) is 1.65. The summed E-state index contributed by atoms with van der Waals surface area (Å²) in [6, 6.07) is 15.7. The second-order valence-electron chi connectivity index (χ2n) is 8.42. The van der Waals surface area contributed by atoms with Gasteiger partial charge in [-0.25, -0.2) is 0 Å². The third-order valence-corrected chi connectivity index (χ3v) is 6.05. The van der Waals surface area contributed by atoms with Crippen LogP contribution in [0, 0.1) is 12.8 Å². The van der Waals surface area contributed by atoms with Crippen LogP contribution in [-0.2, 0) is 24.9 Å². The van der Waals surface area contributed by atoms with Crippen LogP contribution in [0.15, 0.2) is 58.1 Å². The van der Waals surface area contributed by atoms with Gasteiger partial charge in [-0.2, -0.15) is 0 Å². The number of likely N-dealkylation sites (tertiary alicyclic amines) is 1. The Morgan fingerprint density at radius 1 is 1.03 bits per heavy atom. The molecule has 1 aliphatic heterocycles. The smallest absolute Gasteiger partial charge is 0.317 e. The van der Waals surface area contributed by atoms with Gasteiger partial charge in [-0.1, -0.05) is 42.0 Å². The van der Waals surface area contributed by atoms with Crippen LogP contribution in [0.4, 0.5) is 0 Å². The lowest BCUT2D eigenvalue weighted by Gasteiger charge is -2.17. The van der Waals surface area contributed by atoms with E-state index in [1.165, 1.54) is 20.3 Å². The molecule has 1 N–H and O–H groups in total. The Morgan fingerprint density at radius 3 is 2.48 bits per heavy atom. The van der Waals surface area contributed by atoms with Crippen LogP contribution in [0.1, 0.15) is 17.5 Å². The first-order valence-corrected chi connectivity index (χ1v) is 10.7. The van der Waals surface area contributed by atoms with Gasteiger partial charge in [0.1, 0.15) is 6.54 Å². The highest BCUT2D eigenvalue weighted by Gasteiger charge is 2.23. The molecule has 31 heavy (non-hydrogen) atoms. The molecule has 4 rings (SSSR count). The zero-order chi connectivity index (χ0) is 22.0. The van der Waals surface area contributed by atoms with E-state index in [0.29, 0.717) is 23.5 Å². The van der Waals surface area contributed by atoms with Gasteiger partial charge in [0.2, 0.25) is 5.91 Å². The Labute approximate surface area is 180 Å². The van der Waals surface area contributed by atoms with Crippen LogP contribution >= 0.6 is 0 Å². The highest BCUT2D eigenvalue weighted by molar-refractivity contribution is 5.80. The summed E-state index contributed by atoms with van der Waals surface area (Å²) in [7, 11) is 1.57. The number of para-hydroxylation sites is 2. The average molecular weight is 421 g/mol. The van der Waals surface area contributed by atoms with E-state index in [1.54, 1.807) is 31.3 Å². The van der Waals surface area contributed by atoms with Gasteiger partial charge in [-0.05, 0) is 43.5 Å². The van der Waals surface area contributed by atoms with Gasteiger partial charge in [0, 0.05) is 26.7 Å². The van der Waals surface area contributed by atoms with Gasteiger partial charge in [0.15, 0.2) is 0 Å². The lowest BCUT2D eigenvalue weighted by molar-refractivity contribution is -0.121. The van der Waals surface area contributed by atoms with Crippen LogP contribution in [0.5, 0.6) is 0 Å². The average Bonchev–Trinajstić information content (AvgIpc) is 3.22. The van der Waals surface area contributed by atoms with Crippen molar-refractivity contribution in [3.05, 3.63) is 80.4 Å². The van der Waals surface area contributed by atoms with E-state index in [2.05, 4.69) is 41.4 Å². The first-order chi connectivity index (χ1) is 14.9. The minimum absolute atomic E-state index is 0.158. The van der Waals surface area contributed by atoms with E-state index < -0.39 is 11.1 Å². The summed E-state index contributed by atoms with van der Waals surface area (Å²) in [6.45, 7) is 5.36.